The Labute approximate surface area is 214 Å². The zero-order valence-corrected chi connectivity index (χ0v) is 21.3. The number of pyridine rings is 1. The molecule has 1 unspecified atom stereocenters. The minimum Gasteiger partial charge on any atom is -0.331 e. The van der Waals surface area contributed by atoms with Crippen LogP contribution in [0.15, 0.2) is 55.6 Å². The van der Waals surface area contributed by atoms with Crippen LogP contribution in [-0.2, 0) is 39.0 Å². The van der Waals surface area contributed by atoms with Crippen LogP contribution in [0.1, 0.15) is 52.8 Å². The number of aryl methyl sites for hydroxylation is 3. The Morgan fingerprint density at radius 2 is 1.84 bits per heavy atom. The summed E-state index contributed by atoms with van der Waals surface area (Å²) in [6.45, 7) is 8.99. The number of imidazole rings is 1. The van der Waals surface area contributed by atoms with Crippen molar-refractivity contribution in [3.05, 3.63) is 95.1 Å². The van der Waals surface area contributed by atoms with Crippen LogP contribution in [-0.4, -0.2) is 24.3 Å². The Hall–Kier alpha value is -3.68. The molecule has 192 valence electrons. The van der Waals surface area contributed by atoms with Crippen LogP contribution in [0.4, 0.5) is 13.2 Å². The molecule has 5 nitrogen and oxygen atoms in total. The lowest BCUT2D eigenvalue weighted by atomic mass is 9.75. The number of halogens is 3. The Morgan fingerprint density at radius 3 is 2.54 bits per heavy atom. The molecule has 5 rings (SSSR count). The molecule has 0 fully saturated rings. The molecule has 0 radical (unpaired) electrons. The highest BCUT2D eigenvalue weighted by Gasteiger charge is 2.38. The van der Waals surface area contributed by atoms with Gasteiger partial charge in [0.1, 0.15) is 5.82 Å². The second kappa shape index (κ2) is 9.65. The lowest BCUT2D eigenvalue weighted by Gasteiger charge is -2.30. The summed E-state index contributed by atoms with van der Waals surface area (Å²) in [5.74, 6) is 1.01. The van der Waals surface area contributed by atoms with Crippen molar-refractivity contribution < 1.29 is 13.2 Å². The number of allylic oxidation sites excluding steroid dienone is 1. The van der Waals surface area contributed by atoms with Crippen LogP contribution >= 0.6 is 0 Å². The first kappa shape index (κ1) is 25.0. The topological polar surface area (TPSA) is 48.5 Å². The zero-order chi connectivity index (χ0) is 26.3. The van der Waals surface area contributed by atoms with E-state index < -0.39 is 11.9 Å². The van der Waals surface area contributed by atoms with Crippen molar-refractivity contribution in [2.75, 3.05) is 0 Å². The van der Waals surface area contributed by atoms with Gasteiger partial charge < -0.3 is 4.57 Å². The minimum absolute atomic E-state index is 0.110. The lowest BCUT2D eigenvalue weighted by Crippen LogP contribution is -2.18. The van der Waals surface area contributed by atoms with Crippen molar-refractivity contribution in [3.8, 4) is 11.1 Å². The van der Waals surface area contributed by atoms with E-state index in [1.807, 2.05) is 36.0 Å². The molecule has 8 heteroatoms. The minimum atomic E-state index is -4.55. The van der Waals surface area contributed by atoms with Gasteiger partial charge in [0.2, 0.25) is 0 Å². The van der Waals surface area contributed by atoms with Crippen molar-refractivity contribution in [3.63, 3.8) is 0 Å². The molecular weight excluding hydrogens is 475 g/mol. The Morgan fingerprint density at radius 1 is 1.05 bits per heavy atom. The zero-order valence-electron chi connectivity index (χ0n) is 21.3. The fourth-order valence-corrected chi connectivity index (χ4v) is 5.33. The van der Waals surface area contributed by atoms with Crippen LogP contribution in [0.25, 0.3) is 16.7 Å². The first-order chi connectivity index (χ1) is 17.6. The van der Waals surface area contributed by atoms with E-state index in [0.717, 1.165) is 53.0 Å². The van der Waals surface area contributed by atoms with Gasteiger partial charge in [-0.15, -0.1) is 0 Å². The Kier molecular flexibility index (Phi) is 6.52. The second-order valence-corrected chi connectivity index (χ2v) is 9.81. The number of benzene rings is 1. The maximum absolute atomic E-state index is 14.0. The van der Waals surface area contributed by atoms with Gasteiger partial charge >= 0.3 is 6.18 Å². The first-order valence-corrected chi connectivity index (χ1v) is 12.5. The Balaban J connectivity index is 1.60. The number of hydrogen-bond acceptors (Lipinski definition) is 3. The summed E-state index contributed by atoms with van der Waals surface area (Å²) >= 11 is 0. The van der Waals surface area contributed by atoms with E-state index in [4.69, 9.17) is 0 Å². The van der Waals surface area contributed by atoms with Crippen molar-refractivity contribution in [2.45, 2.75) is 52.3 Å². The second-order valence-electron chi connectivity index (χ2n) is 9.81. The van der Waals surface area contributed by atoms with Gasteiger partial charge in [0.25, 0.3) is 0 Å². The lowest BCUT2D eigenvalue weighted by molar-refractivity contribution is -0.140. The molecule has 0 spiro atoms. The predicted molar refractivity (Wildman–Crippen MR) is 138 cm³/mol. The molecule has 1 aromatic carbocycles. The summed E-state index contributed by atoms with van der Waals surface area (Å²) in [4.78, 5) is 8.86. The summed E-state index contributed by atoms with van der Waals surface area (Å²) in [6.07, 6.45) is 5.54. The summed E-state index contributed by atoms with van der Waals surface area (Å²) < 4.78 is 45.1. The monoisotopic (exact) mass is 505 g/mol. The number of aromatic nitrogens is 5. The molecule has 1 aliphatic carbocycles. The van der Waals surface area contributed by atoms with Gasteiger partial charge in [-0.25, -0.2) is 4.98 Å². The van der Waals surface area contributed by atoms with E-state index in [-0.39, 0.29) is 11.5 Å². The highest BCUT2D eigenvalue weighted by molar-refractivity contribution is 5.80. The standard InChI is InChI=1S/C29H30F3N5/c1-5-20-8-9-34-23(12-20)15-22-6-7-24-25(18(22)2)13-21(16-37-11-10-33-19(37)3)14-26(24)27-17-36(4)35-28(27)29(30,31)32/h8-14,17,22H,2,5-7,15-16H2,1,3-4H3. The van der Waals surface area contributed by atoms with E-state index >= 15 is 0 Å². The van der Waals surface area contributed by atoms with Gasteiger partial charge in [-0.3, -0.25) is 9.67 Å². The number of alkyl halides is 3. The molecule has 3 aromatic heterocycles. The normalized spacial score (nSPS) is 15.7. The van der Waals surface area contributed by atoms with E-state index in [0.29, 0.717) is 18.5 Å². The SMILES string of the molecule is C=C1c2cc(Cn3ccnc3C)cc(-c3cn(C)nc3C(F)(F)F)c2CCC1Cc1cc(CC)ccn1. The first-order valence-electron chi connectivity index (χ1n) is 12.5. The van der Waals surface area contributed by atoms with Gasteiger partial charge in [-0.1, -0.05) is 13.5 Å². The summed E-state index contributed by atoms with van der Waals surface area (Å²) in [7, 11) is 1.52. The molecule has 1 aliphatic rings. The fraction of sp³-hybridized carbons (Fsp3) is 0.345. The largest absolute Gasteiger partial charge is 0.435 e. The number of nitrogens with zero attached hydrogens (tertiary/aromatic N) is 5. The number of hydrogen-bond donors (Lipinski definition) is 0. The molecule has 1 atom stereocenters. The van der Waals surface area contributed by atoms with Crippen molar-refractivity contribution in [1.29, 1.82) is 0 Å². The molecule has 0 N–H and O–H groups in total. The van der Waals surface area contributed by atoms with E-state index in [9.17, 15) is 13.2 Å². The average Bonchev–Trinajstić information content (AvgIpc) is 3.46. The van der Waals surface area contributed by atoms with E-state index in [1.165, 1.54) is 23.5 Å². The highest BCUT2D eigenvalue weighted by Crippen LogP contribution is 2.44. The van der Waals surface area contributed by atoms with Crippen LogP contribution < -0.4 is 0 Å². The maximum Gasteiger partial charge on any atom is 0.435 e. The quantitative estimate of drug-likeness (QED) is 0.303. The summed E-state index contributed by atoms with van der Waals surface area (Å²) in [6, 6.07) is 8.13. The third-order valence-corrected chi connectivity index (χ3v) is 7.30. The predicted octanol–water partition coefficient (Wildman–Crippen LogP) is 6.43. The van der Waals surface area contributed by atoms with Gasteiger partial charge in [-0.2, -0.15) is 18.3 Å². The summed E-state index contributed by atoms with van der Waals surface area (Å²) in [5.41, 5.74) is 5.78. The smallest absolute Gasteiger partial charge is 0.331 e. The van der Waals surface area contributed by atoms with Crippen LogP contribution in [0.2, 0.25) is 0 Å². The fourth-order valence-electron chi connectivity index (χ4n) is 5.33. The van der Waals surface area contributed by atoms with E-state index in [1.54, 1.807) is 6.20 Å². The third-order valence-electron chi connectivity index (χ3n) is 7.30. The van der Waals surface area contributed by atoms with Gasteiger partial charge in [0.15, 0.2) is 5.69 Å². The van der Waals surface area contributed by atoms with Crippen molar-refractivity contribution in [1.82, 2.24) is 24.3 Å². The maximum atomic E-state index is 14.0. The van der Waals surface area contributed by atoms with Gasteiger partial charge in [0.05, 0.1) is 0 Å². The molecule has 3 heterocycles. The van der Waals surface area contributed by atoms with E-state index in [2.05, 4.69) is 40.7 Å². The highest BCUT2D eigenvalue weighted by atomic mass is 19.4. The van der Waals surface area contributed by atoms with Gasteiger partial charge in [-0.05, 0) is 96.2 Å². The van der Waals surface area contributed by atoms with Crippen molar-refractivity contribution in [2.24, 2.45) is 13.0 Å². The number of rotatable bonds is 6. The number of fused-ring (bicyclic) bond motifs is 1. The molecule has 0 aliphatic heterocycles. The molecule has 37 heavy (non-hydrogen) atoms. The van der Waals surface area contributed by atoms with Crippen LogP contribution in [0, 0.1) is 12.8 Å². The van der Waals surface area contributed by atoms with Gasteiger partial charge in [0, 0.05) is 49.6 Å². The van der Waals surface area contributed by atoms with Crippen molar-refractivity contribution >= 4 is 5.57 Å². The summed E-state index contributed by atoms with van der Waals surface area (Å²) in [5, 5.41) is 3.78. The third kappa shape index (κ3) is 4.97. The molecular formula is C29H30F3N5. The van der Waals surface area contributed by atoms with Crippen LogP contribution in [0.3, 0.4) is 0 Å². The molecule has 0 amide bonds. The molecule has 0 saturated heterocycles. The molecule has 0 saturated carbocycles. The van der Waals surface area contributed by atoms with Crippen LogP contribution in [0.5, 0.6) is 0 Å². The average molecular weight is 506 g/mol. The molecule has 4 aromatic rings. The molecule has 0 bridgehead atoms. The Bertz CT molecular complexity index is 1460.